The molecule has 0 spiro atoms. The van der Waals surface area contributed by atoms with Crippen molar-refractivity contribution in [2.24, 2.45) is 7.05 Å². The number of benzene rings is 1. The number of hydrogen-bond donors (Lipinski definition) is 1. The highest BCUT2D eigenvalue weighted by molar-refractivity contribution is 6.02. The van der Waals surface area contributed by atoms with Crippen molar-refractivity contribution in [3.63, 3.8) is 0 Å². The Morgan fingerprint density at radius 2 is 2.00 bits per heavy atom. The van der Waals surface area contributed by atoms with E-state index < -0.39 is 0 Å². The minimum absolute atomic E-state index is 0.0550. The molecule has 3 aromatic rings. The maximum atomic E-state index is 12.2. The van der Waals surface area contributed by atoms with E-state index in [9.17, 15) is 4.79 Å². The molecule has 0 aliphatic heterocycles. The first-order valence-corrected chi connectivity index (χ1v) is 6.34. The van der Waals surface area contributed by atoms with E-state index in [2.05, 4.69) is 20.6 Å². The summed E-state index contributed by atoms with van der Waals surface area (Å²) in [6.07, 6.45) is 1.62. The molecule has 7 heteroatoms. The zero-order chi connectivity index (χ0) is 14.8. The smallest absolute Gasteiger partial charge is 0.322 e. The maximum Gasteiger partial charge on any atom is 0.322 e. The Morgan fingerprint density at radius 3 is 2.67 bits per heavy atom. The van der Waals surface area contributed by atoms with Crippen LogP contribution in [0.15, 0.2) is 40.9 Å². The van der Waals surface area contributed by atoms with Crippen LogP contribution >= 0.6 is 0 Å². The second-order valence-corrected chi connectivity index (χ2v) is 4.53. The summed E-state index contributed by atoms with van der Waals surface area (Å²) in [6.45, 7) is 1.81. The fraction of sp³-hybridized carbons (Fsp3) is 0.143. The molecule has 0 aliphatic carbocycles. The van der Waals surface area contributed by atoms with Crippen molar-refractivity contribution in [1.29, 1.82) is 0 Å². The highest BCUT2D eigenvalue weighted by atomic mass is 16.4. The van der Waals surface area contributed by atoms with Crippen molar-refractivity contribution in [3.8, 4) is 11.5 Å². The van der Waals surface area contributed by atoms with E-state index in [4.69, 9.17) is 4.42 Å². The summed E-state index contributed by atoms with van der Waals surface area (Å²) in [4.78, 5) is 12.2. The first kappa shape index (κ1) is 13.0. The van der Waals surface area contributed by atoms with Gasteiger partial charge >= 0.3 is 6.01 Å². The molecular weight excluding hydrogens is 270 g/mol. The van der Waals surface area contributed by atoms with Gasteiger partial charge in [-0.3, -0.25) is 14.8 Å². The van der Waals surface area contributed by atoms with E-state index in [1.807, 2.05) is 37.3 Å². The summed E-state index contributed by atoms with van der Waals surface area (Å²) in [5, 5.41) is 14.3. The molecule has 2 heterocycles. The molecule has 0 atom stereocenters. The monoisotopic (exact) mass is 283 g/mol. The fourth-order valence-electron chi connectivity index (χ4n) is 2.00. The molecule has 0 unspecified atom stereocenters. The standard InChI is InChI=1S/C14H13N5O2/c1-9-8-15-19(2)11(9)12(20)16-14-18-17-13(21-14)10-6-4-3-5-7-10/h3-8H,1-2H3,(H,16,18,20). The van der Waals surface area contributed by atoms with Gasteiger partial charge in [-0.1, -0.05) is 23.3 Å². The number of aryl methyl sites for hydroxylation is 2. The van der Waals surface area contributed by atoms with Crippen LogP contribution in [0.4, 0.5) is 6.01 Å². The third-order valence-electron chi connectivity index (χ3n) is 3.00. The van der Waals surface area contributed by atoms with Gasteiger partial charge in [-0.05, 0) is 24.6 Å². The summed E-state index contributed by atoms with van der Waals surface area (Å²) in [5.41, 5.74) is 2.02. The number of aromatic nitrogens is 4. The molecule has 21 heavy (non-hydrogen) atoms. The molecule has 1 aromatic carbocycles. The van der Waals surface area contributed by atoms with Crippen LogP contribution in [0.1, 0.15) is 16.1 Å². The highest BCUT2D eigenvalue weighted by Crippen LogP contribution is 2.19. The van der Waals surface area contributed by atoms with Gasteiger partial charge in [0.05, 0.1) is 6.20 Å². The average Bonchev–Trinajstić information content (AvgIpc) is 3.07. The molecule has 3 rings (SSSR count). The summed E-state index contributed by atoms with van der Waals surface area (Å²) in [7, 11) is 1.70. The fourth-order valence-corrected chi connectivity index (χ4v) is 2.00. The number of amides is 1. The van der Waals surface area contributed by atoms with Crippen LogP contribution in [0.5, 0.6) is 0 Å². The van der Waals surface area contributed by atoms with Gasteiger partial charge in [0.2, 0.25) is 5.89 Å². The molecule has 0 fully saturated rings. The van der Waals surface area contributed by atoms with Crippen LogP contribution in [-0.2, 0) is 7.05 Å². The lowest BCUT2D eigenvalue weighted by molar-refractivity contribution is 0.101. The summed E-state index contributed by atoms with van der Waals surface area (Å²) < 4.78 is 6.93. The second kappa shape index (κ2) is 5.20. The minimum atomic E-state index is -0.337. The van der Waals surface area contributed by atoms with Crippen molar-refractivity contribution in [3.05, 3.63) is 47.8 Å². The van der Waals surface area contributed by atoms with Crippen molar-refractivity contribution in [2.75, 3.05) is 5.32 Å². The zero-order valence-corrected chi connectivity index (χ0v) is 11.6. The van der Waals surface area contributed by atoms with E-state index in [0.29, 0.717) is 11.6 Å². The lowest BCUT2D eigenvalue weighted by atomic mass is 10.2. The number of carbonyl (C=O) groups is 1. The lowest BCUT2D eigenvalue weighted by Crippen LogP contribution is -2.17. The predicted molar refractivity (Wildman–Crippen MR) is 75.6 cm³/mol. The van der Waals surface area contributed by atoms with Crippen LogP contribution in [0.2, 0.25) is 0 Å². The van der Waals surface area contributed by atoms with Crippen molar-refractivity contribution in [2.45, 2.75) is 6.92 Å². The Morgan fingerprint density at radius 1 is 1.24 bits per heavy atom. The van der Waals surface area contributed by atoms with E-state index in [1.165, 1.54) is 4.68 Å². The number of carbonyl (C=O) groups excluding carboxylic acids is 1. The van der Waals surface area contributed by atoms with Crippen LogP contribution in [0.3, 0.4) is 0 Å². The SMILES string of the molecule is Cc1cnn(C)c1C(=O)Nc1nnc(-c2ccccc2)o1. The normalized spacial score (nSPS) is 10.6. The number of nitrogens with one attached hydrogen (secondary N) is 1. The van der Waals surface area contributed by atoms with Gasteiger partial charge in [0, 0.05) is 12.6 Å². The maximum absolute atomic E-state index is 12.2. The van der Waals surface area contributed by atoms with Gasteiger partial charge in [0.1, 0.15) is 5.69 Å². The minimum Gasteiger partial charge on any atom is -0.403 e. The Bertz CT molecular complexity index is 756. The Hall–Kier alpha value is -2.96. The van der Waals surface area contributed by atoms with Gasteiger partial charge in [0.25, 0.3) is 5.91 Å². The first-order valence-electron chi connectivity index (χ1n) is 6.34. The highest BCUT2D eigenvalue weighted by Gasteiger charge is 2.17. The summed E-state index contributed by atoms with van der Waals surface area (Å²) in [6, 6.07) is 9.40. The number of hydrogen-bond acceptors (Lipinski definition) is 5. The third kappa shape index (κ3) is 2.53. The Balaban J connectivity index is 1.81. The van der Waals surface area contributed by atoms with Crippen LogP contribution in [0, 0.1) is 6.92 Å². The van der Waals surface area contributed by atoms with Crippen LogP contribution < -0.4 is 5.32 Å². The van der Waals surface area contributed by atoms with E-state index in [1.54, 1.807) is 13.2 Å². The summed E-state index contributed by atoms with van der Waals surface area (Å²) >= 11 is 0. The third-order valence-corrected chi connectivity index (χ3v) is 3.00. The molecule has 0 bridgehead atoms. The van der Waals surface area contributed by atoms with Gasteiger partial charge < -0.3 is 4.42 Å². The Kier molecular flexibility index (Phi) is 3.23. The number of rotatable bonds is 3. The van der Waals surface area contributed by atoms with Crippen molar-refractivity contribution in [1.82, 2.24) is 20.0 Å². The van der Waals surface area contributed by atoms with Crippen molar-refractivity contribution < 1.29 is 9.21 Å². The molecule has 0 aliphatic rings. The van der Waals surface area contributed by atoms with Gasteiger partial charge in [0.15, 0.2) is 0 Å². The molecular formula is C14H13N5O2. The van der Waals surface area contributed by atoms with Gasteiger partial charge in [-0.2, -0.15) is 5.10 Å². The van der Waals surface area contributed by atoms with E-state index in [0.717, 1.165) is 11.1 Å². The van der Waals surface area contributed by atoms with Crippen LogP contribution in [0.25, 0.3) is 11.5 Å². The lowest BCUT2D eigenvalue weighted by Gasteiger charge is -2.02. The van der Waals surface area contributed by atoms with E-state index in [-0.39, 0.29) is 11.9 Å². The average molecular weight is 283 g/mol. The van der Waals surface area contributed by atoms with Crippen LogP contribution in [-0.4, -0.2) is 25.9 Å². The number of anilines is 1. The quantitative estimate of drug-likeness (QED) is 0.794. The molecule has 7 nitrogen and oxygen atoms in total. The largest absolute Gasteiger partial charge is 0.403 e. The first-order chi connectivity index (χ1) is 10.1. The number of nitrogens with zero attached hydrogens (tertiary/aromatic N) is 4. The summed E-state index contributed by atoms with van der Waals surface area (Å²) in [5.74, 6) is 0.0170. The molecule has 1 N–H and O–H groups in total. The van der Waals surface area contributed by atoms with Gasteiger partial charge in [-0.15, -0.1) is 5.10 Å². The molecule has 0 saturated carbocycles. The van der Waals surface area contributed by atoms with Gasteiger partial charge in [-0.25, -0.2) is 0 Å². The predicted octanol–water partition coefficient (Wildman–Crippen LogP) is 2.03. The molecule has 2 aromatic heterocycles. The van der Waals surface area contributed by atoms with Crippen molar-refractivity contribution >= 4 is 11.9 Å². The molecule has 106 valence electrons. The Labute approximate surface area is 120 Å². The molecule has 0 saturated heterocycles. The topological polar surface area (TPSA) is 85.8 Å². The molecule has 0 radical (unpaired) electrons. The van der Waals surface area contributed by atoms with E-state index >= 15 is 0 Å². The molecule has 1 amide bonds. The zero-order valence-electron chi connectivity index (χ0n) is 11.6. The second-order valence-electron chi connectivity index (χ2n) is 4.53.